The molecule has 0 aromatic carbocycles. The van der Waals surface area contributed by atoms with Gasteiger partial charge in [-0.1, -0.05) is 6.92 Å². The van der Waals surface area contributed by atoms with Gasteiger partial charge in [-0.2, -0.15) is 0 Å². The topological polar surface area (TPSA) is 47.3 Å². The highest BCUT2D eigenvalue weighted by Gasteiger charge is 2.09. The monoisotopic (exact) mass is 260 g/mol. The Labute approximate surface area is 113 Å². The van der Waals surface area contributed by atoms with Crippen LogP contribution in [0.2, 0.25) is 0 Å². The normalized spacial score (nSPS) is 10.6. The third kappa shape index (κ3) is 3.58. The molecular formula is C15H20N2O2. The van der Waals surface area contributed by atoms with E-state index in [-0.39, 0.29) is 0 Å². The summed E-state index contributed by atoms with van der Waals surface area (Å²) in [5.41, 5.74) is 2.09. The highest BCUT2D eigenvalue weighted by molar-refractivity contribution is 5.65. The number of nitrogens with zero attached hydrogens (tertiary/aromatic N) is 1. The van der Waals surface area contributed by atoms with Crippen LogP contribution in [-0.4, -0.2) is 18.1 Å². The second kappa shape index (κ2) is 6.95. The lowest BCUT2D eigenvalue weighted by Gasteiger charge is -2.06. The first-order valence-corrected chi connectivity index (χ1v) is 6.70. The molecule has 2 rings (SSSR count). The van der Waals surface area contributed by atoms with Crippen molar-refractivity contribution in [1.82, 2.24) is 10.3 Å². The first-order chi connectivity index (χ1) is 9.35. The van der Waals surface area contributed by atoms with Gasteiger partial charge in [0.1, 0.15) is 11.5 Å². The second-order valence-corrected chi connectivity index (χ2v) is 4.28. The van der Waals surface area contributed by atoms with Crippen molar-refractivity contribution in [3.05, 3.63) is 36.5 Å². The molecule has 4 heteroatoms. The Morgan fingerprint density at radius 1 is 1.32 bits per heavy atom. The Morgan fingerprint density at radius 3 is 3.00 bits per heavy atom. The van der Waals surface area contributed by atoms with E-state index < -0.39 is 0 Å². The van der Waals surface area contributed by atoms with E-state index in [1.165, 1.54) is 0 Å². The van der Waals surface area contributed by atoms with Gasteiger partial charge in [0.05, 0.1) is 25.6 Å². The number of hydrogen-bond donors (Lipinski definition) is 1. The molecule has 0 atom stereocenters. The number of pyridine rings is 1. The summed E-state index contributed by atoms with van der Waals surface area (Å²) < 4.78 is 11.0. The van der Waals surface area contributed by atoms with Crippen LogP contribution in [-0.2, 0) is 6.54 Å². The molecule has 0 aliphatic heterocycles. The summed E-state index contributed by atoms with van der Waals surface area (Å²) in [6.07, 6.45) is 6.38. The molecule has 0 amide bonds. The lowest BCUT2D eigenvalue weighted by molar-refractivity contribution is 0.339. The van der Waals surface area contributed by atoms with Gasteiger partial charge in [0, 0.05) is 17.3 Å². The third-order valence-electron chi connectivity index (χ3n) is 2.79. The second-order valence-electron chi connectivity index (χ2n) is 4.28. The lowest BCUT2D eigenvalue weighted by atomic mass is 10.1. The van der Waals surface area contributed by atoms with E-state index in [1.807, 2.05) is 25.3 Å². The van der Waals surface area contributed by atoms with Gasteiger partial charge in [-0.25, -0.2) is 0 Å². The molecule has 19 heavy (non-hydrogen) atoms. The summed E-state index contributed by atoms with van der Waals surface area (Å²) in [7, 11) is 0. The maximum absolute atomic E-state index is 5.53. The summed E-state index contributed by atoms with van der Waals surface area (Å²) in [5.74, 6) is 1.72. The predicted octanol–water partition coefficient (Wildman–Crippen LogP) is 3.24. The SMILES string of the molecule is CCCNCc1occc1-c1cncc(OCC)c1. The van der Waals surface area contributed by atoms with Crippen LogP contribution in [0.4, 0.5) is 0 Å². The zero-order chi connectivity index (χ0) is 13.5. The molecule has 102 valence electrons. The highest BCUT2D eigenvalue weighted by atomic mass is 16.5. The predicted molar refractivity (Wildman–Crippen MR) is 75.1 cm³/mol. The molecular weight excluding hydrogens is 240 g/mol. The van der Waals surface area contributed by atoms with Crippen molar-refractivity contribution in [1.29, 1.82) is 0 Å². The first-order valence-electron chi connectivity index (χ1n) is 6.70. The maximum atomic E-state index is 5.53. The van der Waals surface area contributed by atoms with Crippen molar-refractivity contribution in [3.63, 3.8) is 0 Å². The minimum atomic E-state index is 0.640. The molecule has 0 saturated heterocycles. The molecule has 0 fully saturated rings. The van der Waals surface area contributed by atoms with Gasteiger partial charge in [-0.05, 0) is 32.0 Å². The Bertz CT molecular complexity index is 508. The average molecular weight is 260 g/mol. The van der Waals surface area contributed by atoms with Crippen LogP contribution in [0.15, 0.2) is 35.2 Å². The number of hydrogen-bond acceptors (Lipinski definition) is 4. The smallest absolute Gasteiger partial charge is 0.138 e. The van der Waals surface area contributed by atoms with E-state index in [4.69, 9.17) is 9.15 Å². The van der Waals surface area contributed by atoms with Crippen molar-refractivity contribution < 1.29 is 9.15 Å². The summed E-state index contributed by atoms with van der Waals surface area (Å²) >= 11 is 0. The summed E-state index contributed by atoms with van der Waals surface area (Å²) in [6, 6.07) is 3.96. The fraction of sp³-hybridized carbons (Fsp3) is 0.400. The standard InChI is InChI=1S/C15H20N2O2/c1-3-6-16-11-15-14(5-7-19-15)12-8-13(18-4-2)10-17-9-12/h5,7-10,16H,3-4,6,11H2,1-2H3. The van der Waals surface area contributed by atoms with Crippen molar-refractivity contribution in [2.24, 2.45) is 0 Å². The number of nitrogens with one attached hydrogen (secondary N) is 1. The van der Waals surface area contributed by atoms with E-state index in [0.29, 0.717) is 6.61 Å². The Kier molecular flexibility index (Phi) is 4.98. The molecule has 2 heterocycles. The van der Waals surface area contributed by atoms with Crippen molar-refractivity contribution in [3.8, 4) is 16.9 Å². The molecule has 0 aliphatic carbocycles. The van der Waals surface area contributed by atoms with Gasteiger partial charge in [-0.3, -0.25) is 4.98 Å². The van der Waals surface area contributed by atoms with Crippen LogP contribution >= 0.6 is 0 Å². The van der Waals surface area contributed by atoms with E-state index >= 15 is 0 Å². The third-order valence-corrected chi connectivity index (χ3v) is 2.79. The van der Waals surface area contributed by atoms with E-state index in [1.54, 1.807) is 12.5 Å². The van der Waals surface area contributed by atoms with Crippen LogP contribution in [0.1, 0.15) is 26.0 Å². The van der Waals surface area contributed by atoms with Gasteiger partial charge in [0.15, 0.2) is 0 Å². The van der Waals surface area contributed by atoms with Crippen molar-refractivity contribution >= 4 is 0 Å². The lowest BCUT2D eigenvalue weighted by Crippen LogP contribution is -2.13. The molecule has 0 bridgehead atoms. The van der Waals surface area contributed by atoms with Crippen LogP contribution in [0.25, 0.3) is 11.1 Å². The van der Waals surface area contributed by atoms with Crippen LogP contribution in [0, 0.1) is 0 Å². The van der Waals surface area contributed by atoms with Gasteiger partial charge < -0.3 is 14.5 Å². The van der Waals surface area contributed by atoms with Crippen LogP contribution in [0.5, 0.6) is 5.75 Å². The largest absolute Gasteiger partial charge is 0.492 e. The Balaban J connectivity index is 2.16. The maximum Gasteiger partial charge on any atom is 0.138 e. The fourth-order valence-corrected chi connectivity index (χ4v) is 1.93. The van der Waals surface area contributed by atoms with Gasteiger partial charge in [0.25, 0.3) is 0 Å². The van der Waals surface area contributed by atoms with E-state index in [0.717, 1.165) is 42.1 Å². The quantitative estimate of drug-likeness (QED) is 0.776. The highest BCUT2D eigenvalue weighted by Crippen LogP contribution is 2.27. The van der Waals surface area contributed by atoms with E-state index in [2.05, 4.69) is 17.2 Å². The number of furan rings is 1. The zero-order valence-electron chi connectivity index (χ0n) is 11.5. The molecule has 0 spiro atoms. The van der Waals surface area contributed by atoms with Crippen LogP contribution < -0.4 is 10.1 Å². The molecule has 2 aromatic rings. The molecule has 0 unspecified atom stereocenters. The van der Waals surface area contributed by atoms with E-state index in [9.17, 15) is 0 Å². The first kappa shape index (κ1) is 13.6. The number of ether oxygens (including phenoxy) is 1. The molecule has 4 nitrogen and oxygen atoms in total. The molecule has 0 saturated carbocycles. The van der Waals surface area contributed by atoms with Gasteiger partial charge >= 0.3 is 0 Å². The van der Waals surface area contributed by atoms with Gasteiger partial charge in [0.2, 0.25) is 0 Å². The summed E-state index contributed by atoms with van der Waals surface area (Å²) in [4.78, 5) is 4.21. The Morgan fingerprint density at radius 2 is 2.21 bits per heavy atom. The van der Waals surface area contributed by atoms with Crippen molar-refractivity contribution in [2.75, 3.05) is 13.2 Å². The van der Waals surface area contributed by atoms with Gasteiger partial charge in [-0.15, -0.1) is 0 Å². The molecule has 0 radical (unpaired) electrons. The average Bonchev–Trinajstić information content (AvgIpc) is 2.88. The minimum Gasteiger partial charge on any atom is -0.492 e. The molecule has 0 aliphatic rings. The van der Waals surface area contributed by atoms with Crippen LogP contribution in [0.3, 0.4) is 0 Å². The summed E-state index contributed by atoms with van der Waals surface area (Å²) in [6.45, 7) is 6.46. The zero-order valence-corrected chi connectivity index (χ0v) is 11.5. The minimum absolute atomic E-state index is 0.640. The number of aromatic nitrogens is 1. The molecule has 1 N–H and O–H groups in total. The molecule has 2 aromatic heterocycles. The fourth-order valence-electron chi connectivity index (χ4n) is 1.93. The number of rotatable bonds is 7. The summed E-state index contributed by atoms with van der Waals surface area (Å²) in [5, 5.41) is 3.34. The Hall–Kier alpha value is -1.81. The van der Waals surface area contributed by atoms with Crippen molar-refractivity contribution in [2.45, 2.75) is 26.8 Å².